The van der Waals surface area contributed by atoms with E-state index < -0.39 is 42.4 Å². The Hall–Kier alpha value is 0.0700. The van der Waals surface area contributed by atoms with E-state index in [1.54, 1.807) is 0 Å². The van der Waals surface area contributed by atoms with Gasteiger partial charge in [-0.2, -0.15) is 0 Å². The van der Waals surface area contributed by atoms with Crippen molar-refractivity contribution in [2.24, 2.45) is 0 Å². The summed E-state index contributed by atoms with van der Waals surface area (Å²) in [5.74, 6) is -2.78. The van der Waals surface area contributed by atoms with Crippen LogP contribution in [0.2, 0.25) is 0 Å². The number of aliphatic hydroxyl groups excluding tert-OH is 7. The van der Waals surface area contributed by atoms with Crippen LogP contribution in [0.1, 0.15) is 0 Å². The van der Waals surface area contributed by atoms with Crippen LogP contribution < -0.4 is 0 Å². The first-order valence-corrected chi connectivity index (χ1v) is 11.3. The first-order chi connectivity index (χ1) is 9.38. The molecule has 11 heteroatoms. The number of aliphatic hydroxyl groups is 7. The van der Waals surface area contributed by atoms with E-state index in [9.17, 15) is 4.79 Å². The van der Waals surface area contributed by atoms with Gasteiger partial charge in [0.15, 0.2) is 11.9 Å². The first-order valence-electron chi connectivity index (χ1n) is 5.05. The SMILES string of the molecule is II.O=C1O[C@H]([C@@H](O)CO)C(O)=C1O.OCC(O)CO. The van der Waals surface area contributed by atoms with Crippen molar-refractivity contribution in [1.29, 1.82) is 0 Å². The van der Waals surface area contributed by atoms with Gasteiger partial charge in [0, 0.05) is 37.2 Å². The largest absolute Gasteiger partial charge is 0.505 e. The fraction of sp³-hybridized carbons (Fsp3) is 0.667. The van der Waals surface area contributed by atoms with E-state index in [1.807, 2.05) is 0 Å². The van der Waals surface area contributed by atoms with Crippen LogP contribution in [0.5, 0.6) is 0 Å². The average Bonchev–Trinajstić information content (AvgIpc) is 2.75. The minimum atomic E-state index is -1.42. The van der Waals surface area contributed by atoms with Crippen molar-refractivity contribution in [2.45, 2.75) is 18.3 Å². The molecule has 1 aliphatic rings. The highest BCUT2D eigenvalue weighted by molar-refractivity contribution is 15.0. The molecule has 0 bridgehead atoms. The quantitative estimate of drug-likeness (QED) is 0.175. The Morgan fingerprint density at radius 1 is 1.05 bits per heavy atom. The summed E-state index contributed by atoms with van der Waals surface area (Å²) >= 11 is 4.24. The number of hydrogen-bond donors (Lipinski definition) is 7. The smallest absolute Gasteiger partial charge is 0.377 e. The maximum atomic E-state index is 10.5. The standard InChI is InChI=1S/C6H8O6.C3H8O3.I2/c7-1-2(8)5-3(9)4(10)6(11)12-5;4-1-3(6)2-5;1-2/h2,5,7-10H,1H2;3-6H,1-2H2;/t2-,5+;;/m0../s1. The number of ether oxygens (including phenoxy) is 1. The third-order valence-electron chi connectivity index (χ3n) is 1.90. The molecule has 0 spiro atoms. The van der Waals surface area contributed by atoms with Gasteiger partial charge in [0.05, 0.1) is 19.8 Å². The molecule has 0 aromatic heterocycles. The summed E-state index contributed by atoms with van der Waals surface area (Å²) in [5, 5.41) is 59.1. The zero-order valence-electron chi connectivity index (χ0n) is 10.1. The summed E-state index contributed by atoms with van der Waals surface area (Å²) in [4.78, 5) is 10.5. The molecule has 0 fully saturated rings. The first kappa shape index (κ1) is 22.4. The van der Waals surface area contributed by atoms with Crippen LogP contribution in [0, 0.1) is 0 Å². The van der Waals surface area contributed by atoms with Crippen molar-refractivity contribution in [3.05, 3.63) is 11.5 Å². The molecule has 0 saturated carbocycles. The third-order valence-corrected chi connectivity index (χ3v) is 1.90. The molecule has 0 saturated heterocycles. The topological polar surface area (TPSA) is 168 Å². The average molecular weight is 522 g/mol. The second kappa shape index (κ2) is 12.8. The molecule has 0 radical (unpaired) electrons. The highest BCUT2D eigenvalue weighted by atomic mass is 128. The van der Waals surface area contributed by atoms with Crippen molar-refractivity contribution in [2.75, 3.05) is 19.8 Å². The van der Waals surface area contributed by atoms with Gasteiger partial charge in [-0.1, -0.05) is 0 Å². The molecule has 1 heterocycles. The van der Waals surface area contributed by atoms with Crippen molar-refractivity contribution in [1.82, 2.24) is 0 Å². The summed E-state index contributed by atoms with van der Waals surface area (Å²) in [6.45, 7) is -1.40. The van der Waals surface area contributed by atoms with Crippen LogP contribution >= 0.6 is 37.2 Å². The molecule has 0 unspecified atom stereocenters. The van der Waals surface area contributed by atoms with Crippen LogP contribution in [0.4, 0.5) is 0 Å². The van der Waals surface area contributed by atoms with E-state index in [-0.39, 0.29) is 13.2 Å². The Morgan fingerprint density at radius 3 is 1.70 bits per heavy atom. The van der Waals surface area contributed by atoms with Crippen molar-refractivity contribution < 1.29 is 45.3 Å². The number of halogens is 2. The second-order valence-corrected chi connectivity index (χ2v) is 3.33. The van der Waals surface area contributed by atoms with E-state index in [1.165, 1.54) is 0 Å². The summed E-state index contributed by atoms with van der Waals surface area (Å²) in [6, 6.07) is 0. The van der Waals surface area contributed by atoms with Crippen molar-refractivity contribution in [3.63, 3.8) is 0 Å². The monoisotopic (exact) mass is 522 g/mol. The normalized spacial score (nSPS) is 18.8. The number of hydrogen-bond acceptors (Lipinski definition) is 9. The summed E-state index contributed by atoms with van der Waals surface area (Å²) in [6.07, 6.45) is -3.73. The fourth-order valence-electron chi connectivity index (χ4n) is 0.881. The van der Waals surface area contributed by atoms with Crippen LogP contribution in [0.25, 0.3) is 0 Å². The fourth-order valence-corrected chi connectivity index (χ4v) is 0.881. The maximum absolute atomic E-state index is 10.5. The molecule has 20 heavy (non-hydrogen) atoms. The van der Waals surface area contributed by atoms with E-state index in [0.29, 0.717) is 0 Å². The predicted octanol–water partition coefficient (Wildman–Crippen LogP) is -1.30. The van der Waals surface area contributed by atoms with Gasteiger partial charge >= 0.3 is 5.97 Å². The van der Waals surface area contributed by atoms with Gasteiger partial charge in [-0.3, -0.25) is 0 Å². The van der Waals surface area contributed by atoms with Crippen molar-refractivity contribution in [3.8, 4) is 0 Å². The lowest BCUT2D eigenvalue weighted by atomic mass is 10.2. The Balaban J connectivity index is 0. The molecule has 9 nitrogen and oxygen atoms in total. The van der Waals surface area contributed by atoms with E-state index in [2.05, 4.69) is 42.0 Å². The van der Waals surface area contributed by atoms with Gasteiger partial charge < -0.3 is 40.5 Å². The highest BCUT2D eigenvalue weighted by Crippen LogP contribution is 2.20. The Morgan fingerprint density at radius 2 is 1.50 bits per heavy atom. The highest BCUT2D eigenvalue weighted by Gasteiger charge is 2.38. The summed E-state index contributed by atoms with van der Waals surface area (Å²) < 4.78 is 4.32. The number of cyclic esters (lactones) is 1. The molecule has 2 atom stereocenters. The molecular weight excluding hydrogens is 506 g/mol. The molecule has 120 valence electrons. The molecule has 7 N–H and O–H groups in total. The molecule has 0 amide bonds. The molecular formula is C9H16I2O9. The van der Waals surface area contributed by atoms with E-state index in [0.717, 1.165) is 0 Å². The molecule has 1 rings (SSSR count). The number of esters is 1. The summed E-state index contributed by atoms with van der Waals surface area (Å²) in [5.41, 5.74) is 0. The van der Waals surface area contributed by atoms with Gasteiger partial charge in [-0.05, 0) is 0 Å². The lowest BCUT2D eigenvalue weighted by molar-refractivity contribution is -0.147. The summed E-state index contributed by atoms with van der Waals surface area (Å²) in [7, 11) is 0. The van der Waals surface area contributed by atoms with Gasteiger partial charge in [0.25, 0.3) is 0 Å². The lowest BCUT2D eigenvalue weighted by Gasteiger charge is -2.13. The number of carbonyl (C=O) groups excluding carboxylic acids is 1. The van der Waals surface area contributed by atoms with Crippen LogP contribution in [-0.4, -0.2) is 79.8 Å². The lowest BCUT2D eigenvalue weighted by Crippen LogP contribution is -2.31. The molecule has 0 aromatic carbocycles. The third kappa shape index (κ3) is 7.75. The number of rotatable bonds is 4. The second-order valence-electron chi connectivity index (χ2n) is 3.33. The van der Waals surface area contributed by atoms with Crippen LogP contribution in [-0.2, 0) is 9.53 Å². The maximum Gasteiger partial charge on any atom is 0.377 e. The zero-order valence-corrected chi connectivity index (χ0v) is 14.4. The van der Waals surface area contributed by atoms with Crippen LogP contribution in [0.3, 0.4) is 0 Å². The van der Waals surface area contributed by atoms with Gasteiger partial charge in [0.2, 0.25) is 5.76 Å². The Kier molecular flexibility index (Phi) is 14.3. The van der Waals surface area contributed by atoms with Crippen molar-refractivity contribution >= 4 is 43.2 Å². The zero-order chi connectivity index (χ0) is 16.3. The minimum Gasteiger partial charge on any atom is -0.505 e. The van der Waals surface area contributed by atoms with Gasteiger partial charge in [-0.15, -0.1) is 0 Å². The molecule has 1 aliphatic heterocycles. The Bertz CT molecular complexity index is 306. The number of carbonyl (C=O) groups is 1. The minimum absolute atomic E-state index is 0.365. The van der Waals surface area contributed by atoms with Gasteiger partial charge in [0.1, 0.15) is 12.2 Å². The van der Waals surface area contributed by atoms with Crippen LogP contribution in [0.15, 0.2) is 11.5 Å². The Labute approximate surface area is 137 Å². The van der Waals surface area contributed by atoms with E-state index in [4.69, 9.17) is 35.7 Å². The van der Waals surface area contributed by atoms with E-state index >= 15 is 0 Å². The predicted molar refractivity (Wildman–Crippen MR) is 83.5 cm³/mol. The molecule has 0 aliphatic carbocycles. The molecule has 0 aromatic rings. The van der Waals surface area contributed by atoms with Gasteiger partial charge in [-0.25, -0.2) is 4.79 Å².